The van der Waals surface area contributed by atoms with Crippen molar-refractivity contribution < 1.29 is 14.3 Å². The maximum atomic E-state index is 9.19. The molecule has 0 amide bonds. The first-order valence-corrected chi connectivity index (χ1v) is 11.4. The minimum absolute atomic E-state index is 0.196. The van der Waals surface area contributed by atoms with E-state index < -0.39 is 0 Å². The SMILES string of the molecule is C=CCc1cc(/C=N\OCc2ccccc2C#N)cc(OCC)c1OCc1ccc(Cl)cc1Cl. The lowest BCUT2D eigenvalue weighted by Crippen LogP contribution is -2.04. The van der Waals surface area contributed by atoms with Crippen LogP contribution < -0.4 is 9.47 Å². The Bertz CT molecular complexity index is 1220. The third kappa shape index (κ3) is 6.77. The summed E-state index contributed by atoms with van der Waals surface area (Å²) in [4.78, 5) is 5.42. The van der Waals surface area contributed by atoms with Gasteiger partial charge in [0.25, 0.3) is 0 Å². The highest BCUT2D eigenvalue weighted by Gasteiger charge is 2.14. The zero-order valence-electron chi connectivity index (χ0n) is 18.8. The van der Waals surface area contributed by atoms with Crippen molar-refractivity contribution in [3.05, 3.63) is 105 Å². The second-order valence-corrected chi connectivity index (χ2v) is 8.08. The Morgan fingerprint density at radius 3 is 2.56 bits per heavy atom. The van der Waals surface area contributed by atoms with E-state index >= 15 is 0 Å². The van der Waals surface area contributed by atoms with Gasteiger partial charge in [0.05, 0.1) is 24.5 Å². The van der Waals surface area contributed by atoms with Crippen LogP contribution >= 0.6 is 23.2 Å². The first kappa shape index (κ1) is 25.2. The molecule has 0 fully saturated rings. The van der Waals surface area contributed by atoms with Crippen LogP contribution in [0.3, 0.4) is 0 Å². The minimum Gasteiger partial charge on any atom is -0.490 e. The van der Waals surface area contributed by atoms with E-state index in [2.05, 4.69) is 17.8 Å². The number of rotatable bonds is 11. The van der Waals surface area contributed by atoms with Crippen LogP contribution in [0.4, 0.5) is 0 Å². The number of benzene rings is 3. The molecule has 3 rings (SSSR count). The van der Waals surface area contributed by atoms with E-state index in [4.69, 9.17) is 37.5 Å². The van der Waals surface area contributed by atoms with Gasteiger partial charge in [-0.25, -0.2) is 0 Å². The van der Waals surface area contributed by atoms with Crippen LogP contribution in [0, 0.1) is 11.3 Å². The Hall–Kier alpha value is -3.46. The average molecular weight is 495 g/mol. The van der Waals surface area contributed by atoms with Gasteiger partial charge < -0.3 is 14.3 Å². The highest BCUT2D eigenvalue weighted by atomic mass is 35.5. The van der Waals surface area contributed by atoms with Crippen molar-refractivity contribution in [2.75, 3.05) is 6.61 Å². The van der Waals surface area contributed by atoms with Crippen LogP contribution in [0.1, 0.15) is 34.7 Å². The Balaban J connectivity index is 1.80. The molecule has 0 N–H and O–H groups in total. The summed E-state index contributed by atoms with van der Waals surface area (Å²) in [6.07, 6.45) is 3.97. The van der Waals surface area contributed by atoms with Crippen molar-refractivity contribution in [3.63, 3.8) is 0 Å². The monoisotopic (exact) mass is 494 g/mol. The average Bonchev–Trinajstić information content (AvgIpc) is 2.83. The topological polar surface area (TPSA) is 63.8 Å². The summed E-state index contributed by atoms with van der Waals surface area (Å²) in [6.45, 7) is 6.68. The zero-order valence-corrected chi connectivity index (χ0v) is 20.3. The molecule has 34 heavy (non-hydrogen) atoms. The molecule has 0 aliphatic carbocycles. The van der Waals surface area contributed by atoms with Crippen molar-refractivity contribution in [1.82, 2.24) is 0 Å². The second kappa shape index (κ2) is 12.7. The number of halogens is 2. The molecule has 0 radical (unpaired) electrons. The van der Waals surface area contributed by atoms with E-state index in [-0.39, 0.29) is 13.2 Å². The molecule has 0 saturated carbocycles. The molecule has 0 spiro atoms. The van der Waals surface area contributed by atoms with E-state index in [1.165, 1.54) is 0 Å². The Kier molecular flexibility index (Phi) is 9.40. The standard InChI is InChI=1S/C27H24Cl2N2O3/c1-3-7-20-12-19(16-31-34-18-22-9-6-5-8-21(22)15-30)13-26(32-4-2)27(20)33-17-23-10-11-24(28)14-25(23)29/h3,5-6,8-14,16H,1,4,7,17-18H2,2H3/b31-16-. The Morgan fingerprint density at radius 1 is 1.00 bits per heavy atom. The van der Waals surface area contributed by atoms with Gasteiger partial charge in [-0.05, 0) is 43.7 Å². The molecule has 0 aliphatic rings. The maximum Gasteiger partial charge on any atom is 0.165 e. The van der Waals surface area contributed by atoms with Crippen LogP contribution in [0.25, 0.3) is 0 Å². The normalized spacial score (nSPS) is 10.6. The van der Waals surface area contributed by atoms with Crippen LogP contribution in [-0.2, 0) is 24.5 Å². The second-order valence-electron chi connectivity index (χ2n) is 7.23. The molecular weight excluding hydrogens is 471 g/mol. The molecule has 0 aliphatic heterocycles. The first-order chi connectivity index (χ1) is 16.5. The van der Waals surface area contributed by atoms with Crippen molar-refractivity contribution in [2.45, 2.75) is 26.6 Å². The Labute approximate surface area is 209 Å². The van der Waals surface area contributed by atoms with E-state index in [9.17, 15) is 5.26 Å². The van der Waals surface area contributed by atoms with Gasteiger partial charge >= 0.3 is 0 Å². The summed E-state index contributed by atoms with van der Waals surface area (Å²) >= 11 is 12.3. The summed E-state index contributed by atoms with van der Waals surface area (Å²) in [5, 5.41) is 14.4. The van der Waals surface area contributed by atoms with Crippen LogP contribution in [0.2, 0.25) is 10.0 Å². The molecule has 3 aromatic rings. The molecule has 0 heterocycles. The van der Waals surface area contributed by atoms with Gasteiger partial charge in [0.15, 0.2) is 11.5 Å². The Morgan fingerprint density at radius 2 is 1.82 bits per heavy atom. The van der Waals surface area contributed by atoms with Gasteiger partial charge in [0.2, 0.25) is 0 Å². The lowest BCUT2D eigenvalue weighted by molar-refractivity contribution is 0.132. The number of allylic oxidation sites excluding steroid dienone is 1. The smallest absolute Gasteiger partial charge is 0.165 e. The fourth-order valence-corrected chi connectivity index (χ4v) is 3.70. The van der Waals surface area contributed by atoms with Gasteiger partial charge in [0.1, 0.15) is 13.2 Å². The fourth-order valence-electron chi connectivity index (χ4n) is 3.24. The largest absolute Gasteiger partial charge is 0.490 e. The molecule has 3 aromatic carbocycles. The minimum atomic E-state index is 0.196. The summed E-state index contributed by atoms with van der Waals surface area (Å²) in [6, 6.07) is 18.5. The third-order valence-electron chi connectivity index (χ3n) is 4.84. The van der Waals surface area contributed by atoms with Crippen molar-refractivity contribution in [2.24, 2.45) is 5.16 Å². The molecule has 7 heteroatoms. The molecule has 0 unspecified atom stereocenters. The van der Waals surface area contributed by atoms with Crippen LogP contribution in [0.15, 0.2) is 72.4 Å². The number of hydrogen-bond acceptors (Lipinski definition) is 5. The van der Waals surface area contributed by atoms with Crippen molar-refractivity contribution in [3.8, 4) is 17.6 Å². The molecule has 0 aromatic heterocycles. The van der Waals surface area contributed by atoms with Crippen molar-refractivity contribution >= 4 is 29.4 Å². The number of oxime groups is 1. The molecular formula is C27H24Cl2N2O3. The van der Waals surface area contributed by atoms with E-state index in [0.717, 1.165) is 22.3 Å². The van der Waals surface area contributed by atoms with Gasteiger partial charge in [-0.2, -0.15) is 5.26 Å². The summed E-state index contributed by atoms with van der Waals surface area (Å²) in [7, 11) is 0. The first-order valence-electron chi connectivity index (χ1n) is 10.7. The number of nitrogens with zero attached hydrogens (tertiary/aromatic N) is 2. The molecule has 5 nitrogen and oxygen atoms in total. The number of hydrogen-bond donors (Lipinski definition) is 0. The number of nitriles is 1. The predicted octanol–water partition coefficient (Wildman–Crippen LogP) is 7.12. The van der Waals surface area contributed by atoms with E-state index in [0.29, 0.717) is 40.1 Å². The maximum absolute atomic E-state index is 9.19. The van der Waals surface area contributed by atoms with Gasteiger partial charge in [-0.1, -0.05) is 58.7 Å². The highest BCUT2D eigenvalue weighted by molar-refractivity contribution is 6.35. The third-order valence-corrected chi connectivity index (χ3v) is 5.43. The molecule has 0 atom stereocenters. The van der Waals surface area contributed by atoms with E-state index in [1.54, 1.807) is 30.5 Å². The van der Waals surface area contributed by atoms with Crippen LogP contribution in [0.5, 0.6) is 11.5 Å². The lowest BCUT2D eigenvalue weighted by Gasteiger charge is -2.17. The molecule has 0 bridgehead atoms. The highest BCUT2D eigenvalue weighted by Crippen LogP contribution is 2.35. The van der Waals surface area contributed by atoms with Crippen molar-refractivity contribution in [1.29, 1.82) is 5.26 Å². The summed E-state index contributed by atoms with van der Waals surface area (Å²) in [5.74, 6) is 1.21. The number of ether oxygens (including phenoxy) is 2. The van der Waals surface area contributed by atoms with Crippen LogP contribution in [-0.4, -0.2) is 12.8 Å². The fraction of sp³-hybridized carbons (Fsp3) is 0.185. The van der Waals surface area contributed by atoms with E-state index in [1.807, 2.05) is 43.3 Å². The quantitative estimate of drug-likeness (QED) is 0.161. The van der Waals surface area contributed by atoms with Gasteiger partial charge in [0, 0.05) is 32.3 Å². The molecule has 174 valence electrons. The zero-order chi connectivity index (χ0) is 24.3. The predicted molar refractivity (Wildman–Crippen MR) is 136 cm³/mol. The molecule has 0 saturated heterocycles. The lowest BCUT2D eigenvalue weighted by atomic mass is 10.1. The van der Waals surface area contributed by atoms with Gasteiger partial charge in [-0.3, -0.25) is 0 Å². The van der Waals surface area contributed by atoms with Gasteiger partial charge in [-0.15, -0.1) is 6.58 Å². The summed E-state index contributed by atoms with van der Waals surface area (Å²) < 4.78 is 12.0. The summed E-state index contributed by atoms with van der Waals surface area (Å²) in [5.41, 5.74) is 3.82.